The van der Waals surface area contributed by atoms with E-state index in [2.05, 4.69) is 6.92 Å². The second-order valence-corrected chi connectivity index (χ2v) is 4.03. The molecule has 0 aliphatic carbocycles. The summed E-state index contributed by atoms with van der Waals surface area (Å²) < 4.78 is 4.70. The highest BCUT2D eigenvalue weighted by Gasteiger charge is 2.27. The van der Waals surface area contributed by atoms with Crippen LogP contribution in [0.3, 0.4) is 0 Å². The molecule has 0 aromatic carbocycles. The number of nitrogens with zero attached hydrogens (tertiary/aromatic N) is 1. The second-order valence-electron chi connectivity index (χ2n) is 4.03. The molecular formula is C10H20N2O2. The van der Waals surface area contributed by atoms with E-state index in [1.54, 1.807) is 4.90 Å². The summed E-state index contributed by atoms with van der Waals surface area (Å²) in [4.78, 5) is 13.0. The van der Waals surface area contributed by atoms with Gasteiger partial charge in [-0.15, -0.1) is 0 Å². The Balaban J connectivity index is 2.49. The highest BCUT2D eigenvalue weighted by atomic mass is 16.5. The van der Waals surface area contributed by atoms with Gasteiger partial charge in [0.1, 0.15) is 0 Å². The van der Waals surface area contributed by atoms with Crippen LogP contribution in [0.25, 0.3) is 0 Å². The number of amides is 1. The van der Waals surface area contributed by atoms with E-state index in [1.807, 2.05) is 0 Å². The molecule has 0 aromatic heterocycles. The van der Waals surface area contributed by atoms with Gasteiger partial charge in [-0.2, -0.15) is 0 Å². The largest absolute Gasteiger partial charge is 0.453 e. The van der Waals surface area contributed by atoms with Crippen LogP contribution in [0.2, 0.25) is 0 Å². The molecule has 1 amide bonds. The minimum Gasteiger partial charge on any atom is -0.453 e. The Morgan fingerprint density at radius 3 is 2.86 bits per heavy atom. The van der Waals surface area contributed by atoms with E-state index < -0.39 is 0 Å². The van der Waals surface area contributed by atoms with Crippen molar-refractivity contribution in [2.75, 3.05) is 20.2 Å². The second kappa shape index (κ2) is 5.20. The average Bonchev–Trinajstić information content (AvgIpc) is 2.16. The lowest BCUT2D eigenvalue weighted by molar-refractivity contribution is 0.0944. The molecule has 0 saturated carbocycles. The van der Waals surface area contributed by atoms with Crippen LogP contribution in [0, 0.1) is 5.92 Å². The van der Waals surface area contributed by atoms with Gasteiger partial charge in [0.05, 0.1) is 7.11 Å². The van der Waals surface area contributed by atoms with Crippen LogP contribution in [0.1, 0.15) is 26.2 Å². The maximum absolute atomic E-state index is 11.3. The third-order valence-corrected chi connectivity index (χ3v) is 2.70. The fourth-order valence-corrected chi connectivity index (χ4v) is 2.14. The molecule has 0 spiro atoms. The van der Waals surface area contributed by atoms with Crippen LogP contribution in [0.15, 0.2) is 0 Å². The fourth-order valence-electron chi connectivity index (χ4n) is 2.14. The summed E-state index contributed by atoms with van der Waals surface area (Å²) in [6, 6.07) is 0.111. The van der Waals surface area contributed by atoms with Crippen molar-refractivity contribution in [1.82, 2.24) is 4.90 Å². The molecule has 1 saturated heterocycles. The first-order valence-electron chi connectivity index (χ1n) is 5.25. The molecule has 4 heteroatoms. The number of nitrogens with two attached hydrogens (primary N) is 1. The Labute approximate surface area is 85.4 Å². The molecule has 0 aromatic rings. The number of hydrogen-bond donors (Lipinski definition) is 1. The average molecular weight is 200 g/mol. The van der Waals surface area contributed by atoms with Gasteiger partial charge in [-0.1, -0.05) is 13.3 Å². The van der Waals surface area contributed by atoms with Crippen molar-refractivity contribution in [3.63, 3.8) is 0 Å². The fraction of sp³-hybridized carbons (Fsp3) is 0.900. The topological polar surface area (TPSA) is 55.6 Å². The highest BCUT2D eigenvalue weighted by Crippen LogP contribution is 2.20. The molecule has 82 valence electrons. The number of methoxy groups -OCH3 is 1. The van der Waals surface area contributed by atoms with Crippen molar-refractivity contribution in [1.29, 1.82) is 0 Å². The van der Waals surface area contributed by atoms with Crippen LogP contribution in [-0.4, -0.2) is 37.2 Å². The number of hydrogen-bond acceptors (Lipinski definition) is 3. The molecule has 0 radical (unpaired) electrons. The Bertz CT molecular complexity index is 197. The molecule has 2 unspecified atom stereocenters. The quantitative estimate of drug-likeness (QED) is 0.728. The first-order valence-corrected chi connectivity index (χ1v) is 5.25. The Morgan fingerprint density at radius 1 is 1.57 bits per heavy atom. The standard InChI is InChI=1S/C10H20N2O2/c1-3-4-8-5-9(11)7-12(6-8)10(13)14-2/h8-9H,3-7,11H2,1-2H3. The molecule has 1 aliphatic heterocycles. The van der Waals surface area contributed by atoms with Crippen LogP contribution >= 0.6 is 0 Å². The molecule has 1 heterocycles. The lowest BCUT2D eigenvalue weighted by atomic mass is 9.91. The number of carbonyl (C=O) groups excluding carboxylic acids is 1. The van der Waals surface area contributed by atoms with Gasteiger partial charge in [0.2, 0.25) is 0 Å². The number of carbonyl (C=O) groups is 1. The molecule has 2 atom stereocenters. The van der Waals surface area contributed by atoms with Gasteiger partial charge >= 0.3 is 6.09 Å². The maximum atomic E-state index is 11.3. The van der Waals surface area contributed by atoms with Crippen molar-refractivity contribution in [2.45, 2.75) is 32.2 Å². The van der Waals surface area contributed by atoms with Crippen LogP contribution < -0.4 is 5.73 Å². The van der Waals surface area contributed by atoms with E-state index >= 15 is 0 Å². The summed E-state index contributed by atoms with van der Waals surface area (Å²) in [5.74, 6) is 0.544. The Kier molecular flexibility index (Phi) is 4.20. The zero-order chi connectivity index (χ0) is 10.6. The maximum Gasteiger partial charge on any atom is 0.409 e. The van der Waals surface area contributed by atoms with E-state index in [9.17, 15) is 4.79 Å². The zero-order valence-electron chi connectivity index (χ0n) is 9.03. The first kappa shape index (κ1) is 11.3. The van der Waals surface area contributed by atoms with E-state index in [-0.39, 0.29) is 12.1 Å². The van der Waals surface area contributed by atoms with Crippen molar-refractivity contribution in [2.24, 2.45) is 11.7 Å². The van der Waals surface area contributed by atoms with Gasteiger partial charge < -0.3 is 15.4 Å². The van der Waals surface area contributed by atoms with E-state index in [1.165, 1.54) is 7.11 Å². The van der Waals surface area contributed by atoms with Crippen molar-refractivity contribution in [3.05, 3.63) is 0 Å². The predicted octanol–water partition coefficient (Wildman–Crippen LogP) is 1.20. The molecule has 14 heavy (non-hydrogen) atoms. The molecule has 1 aliphatic rings. The van der Waals surface area contributed by atoms with E-state index in [0.717, 1.165) is 25.8 Å². The molecular weight excluding hydrogens is 180 g/mol. The summed E-state index contributed by atoms with van der Waals surface area (Å²) in [7, 11) is 1.41. The van der Waals surface area contributed by atoms with Crippen LogP contribution in [0.4, 0.5) is 4.79 Å². The summed E-state index contributed by atoms with van der Waals surface area (Å²) in [6.07, 6.45) is 3.07. The summed E-state index contributed by atoms with van der Waals surface area (Å²) in [5, 5.41) is 0. The third-order valence-electron chi connectivity index (χ3n) is 2.70. The Morgan fingerprint density at radius 2 is 2.29 bits per heavy atom. The molecule has 1 fully saturated rings. The molecule has 4 nitrogen and oxygen atoms in total. The minimum absolute atomic E-state index is 0.111. The number of likely N-dealkylation sites (tertiary alicyclic amines) is 1. The van der Waals surface area contributed by atoms with Gasteiger partial charge in [0, 0.05) is 19.1 Å². The molecule has 2 N–H and O–H groups in total. The normalized spacial score (nSPS) is 27.5. The van der Waals surface area contributed by atoms with Crippen LogP contribution in [0.5, 0.6) is 0 Å². The van der Waals surface area contributed by atoms with Gasteiger partial charge in [-0.25, -0.2) is 4.79 Å². The van der Waals surface area contributed by atoms with Crippen molar-refractivity contribution >= 4 is 6.09 Å². The van der Waals surface area contributed by atoms with E-state index in [0.29, 0.717) is 12.5 Å². The monoisotopic (exact) mass is 200 g/mol. The lowest BCUT2D eigenvalue weighted by Gasteiger charge is -2.35. The third kappa shape index (κ3) is 2.87. The summed E-state index contributed by atoms with van der Waals surface area (Å²) in [5.41, 5.74) is 5.89. The van der Waals surface area contributed by atoms with Gasteiger partial charge in [0.25, 0.3) is 0 Å². The van der Waals surface area contributed by atoms with Crippen molar-refractivity contribution < 1.29 is 9.53 Å². The number of ether oxygens (including phenoxy) is 1. The van der Waals surface area contributed by atoms with Gasteiger partial charge in [0.15, 0.2) is 0 Å². The zero-order valence-corrected chi connectivity index (χ0v) is 9.03. The molecule has 0 bridgehead atoms. The summed E-state index contributed by atoms with van der Waals surface area (Å²) >= 11 is 0. The molecule has 1 rings (SSSR count). The highest BCUT2D eigenvalue weighted by molar-refractivity contribution is 5.67. The minimum atomic E-state index is -0.249. The summed E-state index contributed by atoms with van der Waals surface area (Å²) in [6.45, 7) is 3.59. The Hall–Kier alpha value is -0.770. The predicted molar refractivity (Wildman–Crippen MR) is 55.0 cm³/mol. The van der Waals surface area contributed by atoms with Gasteiger partial charge in [-0.05, 0) is 18.8 Å². The number of rotatable bonds is 2. The van der Waals surface area contributed by atoms with E-state index in [4.69, 9.17) is 10.5 Å². The van der Waals surface area contributed by atoms with Crippen molar-refractivity contribution in [3.8, 4) is 0 Å². The van der Waals surface area contributed by atoms with Gasteiger partial charge in [-0.3, -0.25) is 0 Å². The van der Waals surface area contributed by atoms with Crippen LogP contribution in [-0.2, 0) is 4.74 Å². The lowest BCUT2D eigenvalue weighted by Crippen LogP contribution is -2.49. The number of piperidine rings is 1. The smallest absolute Gasteiger partial charge is 0.409 e. The SMILES string of the molecule is CCCC1CC(N)CN(C(=O)OC)C1. The first-order chi connectivity index (χ1) is 6.67.